The molecule has 100 valence electrons. The first kappa shape index (κ1) is 14.9. The van der Waals surface area contributed by atoms with Gasteiger partial charge >= 0.3 is 0 Å². The standard InChI is InChI=1S/C14H28N2S/c1-11(2)7-6-8-15-13-16-10-12(17-13)9-14(3,4)5/h11-12H,6-10H2,1-5H3,(H,15,16). The van der Waals surface area contributed by atoms with E-state index in [4.69, 9.17) is 0 Å². The zero-order valence-electron chi connectivity index (χ0n) is 12.0. The quantitative estimate of drug-likeness (QED) is 0.754. The SMILES string of the molecule is CC(C)CCCNC1=NCC(CC(C)(C)C)S1. The number of nitrogens with zero attached hydrogens (tertiary/aromatic N) is 1. The number of aliphatic imine (C=N–C) groups is 1. The molecule has 0 fully saturated rings. The van der Waals surface area contributed by atoms with Gasteiger partial charge in [0.1, 0.15) is 0 Å². The van der Waals surface area contributed by atoms with Crippen molar-refractivity contribution < 1.29 is 0 Å². The van der Waals surface area contributed by atoms with Crippen LogP contribution in [0, 0.1) is 11.3 Å². The fourth-order valence-electron chi connectivity index (χ4n) is 2.01. The van der Waals surface area contributed by atoms with Crippen molar-refractivity contribution in [3.8, 4) is 0 Å². The van der Waals surface area contributed by atoms with Crippen LogP contribution in [0.1, 0.15) is 53.9 Å². The Morgan fingerprint density at radius 2 is 2.12 bits per heavy atom. The Hall–Kier alpha value is -0.180. The van der Waals surface area contributed by atoms with Gasteiger partial charge in [0.15, 0.2) is 5.17 Å². The maximum atomic E-state index is 4.59. The van der Waals surface area contributed by atoms with E-state index in [1.165, 1.54) is 24.4 Å². The van der Waals surface area contributed by atoms with Crippen molar-refractivity contribution >= 4 is 16.9 Å². The van der Waals surface area contributed by atoms with Crippen LogP contribution in [-0.4, -0.2) is 23.5 Å². The third kappa shape index (κ3) is 6.97. The van der Waals surface area contributed by atoms with Gasteiger partial charge in [-0.05, 0) is 30.6 Å². The first-order chi connectivity index (χ1) is 7.87. The fraction of sp³-hybridized carbons (Fsp3) is 0.929. The minimum Gasteiger partial charge on any atom is -0.365 e. The van der Waals surface area contributed by atoms with Crippen LogP contribution in [0.5, 0.6) is 0 Å². The average molecular weight is 256 g/mol. The number of thioether (sulfide) groups is 1. The molecule has 1 N–H and O–H groups in total. The van der Waals surface area contributed by atoms with Crippen molar-refractivity contribution in [2.24, 2.45) is 16.3 Å². The molecule has 0 aromatic carbocycles. The number of nitrogens with one attached hydrogen (secondary N) is 1. The second-order valence-electron chi connectivity index (χ2n) is 6.61. The first-order valence-corrected chi connectivity index (χ1v) is 7.70. The molecule has 2 nitrogen and oxygen atoms in total. The molecule has 0 aromatic rings. The molecule has 0 aliphatic carbocycles. The molecule has 0 radical (unpaired) electrons. The highest BCUT2D eigenvalue weighted by Gasteiger charge is 2.24. The molecule has 0 bridgehead atoms. The summed E-state index contributed by atoms with van der Waals surface area (Å²) >= 11 is 1.94. The molecule has 3 heteroatoms. The highest BCUT2D eigenvalue weighted by molar-refractivity contribution is 8.14. The van der Waals surface area contributed by atoms with Gasteiger partial charge in [-0.1, -0.05) is 46.4 Å². The molecule has 1 aliphatic rings. The van der Waals surface area contributed by atoms with Crippen LogP contribution in [0.25, 0.3) is 0 Å². The van der Waals surface area contributed by atoms with Crippen LogP contribution in [0.4, 0.5) is 0 Å². The summed E-state index contributed by atoms with van der Waals surface area (Å²) in [4.78, 5) is 4.59. The summed E-state index contributed by atoms with van der Waals surface area (Å²) in [5, 5.41) is 5.32. The Labute approximate surface area is 111 Å². The lowest BCUT2D eigenvalue weighted by atomic mass is 9.90. The van der Waals surface area contributed by atoms with Crippen molar-refractivity contribution in [3.05, 3.63) is 0 Å². The number of rotatable bonds is 5. The molecule has 0 aromatic heterocycles. The molecule has 17 heavy (non-hydrogen) atoms. The topological polar surface area (TPSA) is 24.4 Å². The van der Waals surface area contributed by atoms with Gasteiger partial charge in [-0.25, -0.2) is 0 Å². The van der Waals surface area contributed by atoms with Crippen molar-refractivity contribution in [1.82, 2.24) is 5.32 Å². The summed E-state index contributed by atoms with van der Waals surface area (Å²) in [5.41, 5.74) is 0.417. The summed E-state index contributed by atoms with van der Waals surface area (Å²) in [5.74, 6) is 0.809. The molecule has 1 atom stereocenters. The van der Waals surface area contributed by atoms with Crippen molar-refractivity contribution in [2.45, 2.75) is 59.1 Å². The lowest BCUT2D eigenvalue weighted by molar-refractivity contribution is 0.375. The van der Waals surface area contributed by atoms with E-state index in [9.17, 15) is 0 Å². The average Bonchev–Trinajstić information content (AvgIpc) is 2.57. The molecule has 1 heterocycles. The van der Waals surface area contributed by atoms with Gasteiger partial charge in [-0.3, -0.25) is 4.99 Å². The minimum atomic E-state index is 0.417. The van der Waals surface area contributed by atoms with Crippen molar-refractivity contribution in [2.75, 3.05) is 13.1 Å². The molecular weight excluding hydrogens is 228 g/mol. The van der Waals surface area contributed by atoms with E-state index in [2.05, 4.69) is 44.9 Å². The highest BCUT2D eigenvalue weighted by Crippen LogP contribution is 2.31. The smallest absolute Gasteiger partial charge is 0.156 e. The number of hydrogen-bond donors (Lipinski definition) is 1. The van der Waals surface area contributed by atoms with Gasteiger partial charge in [-0.15, -0.1) is 0 Å². The Balaban J connectivity index is 2.13. The first-order valence-electron chi connectivity index (χ1n) is 6.82. The van der Waals surface area contributed by atoms with E-state index in [1.807, 2.05) is 11.8 Å². The maximum absolute atomic E-state index is 4.59. The van der Waals surface area contributed by atoms with Crippen LogP contribution in [-0.2, 0) is 0 Å². The van der Waals surface area contributed by atoms with E-state index < -0.39 is 0 Å². The molecular formula is C14H28N2S. The molecule has 0 saturated heterocycles. The summed E-state index contributed by atoms with van der Waals surface area (Å²) < 4.78 is 0. The lowest BCUT2D eigenvalue weighted by Crippen LogP contribution is -2.22. The molecule has 0 saturated carbocycles. The van der Waals surface area contributed by atoms with E-state index >= 15 is 0 Å². The second kappa shape index (κ2) is 6.67. The lowest BCUT2D eigenvalue weighted by Gasteiger charge is -2.21. The molecule has 1 unspecified atom stereocenters. The van der Waals surface area contributed by atoms with Gasteiger partial charge in [-0.2, -0.15) is 0 Å². The fourth-order valence-corrected chi connectivity index (χ4v) is 3.39. The zero-order valence-corrected chi connectivity index (χ0v) is 12.9. The number of amidine groups is 1. The van der Waals surface area contributed by atoms with Crippen LogP contribution >= 0.6 is 11.8 Å². The van der Waals surface area contributed by atoms with E-state index in [0.29, 0.717) is 10.7 Å². The predicted octanol–water partition coefficient (Wildman–Crippen LogP) is 3.92. The zero-order chi connectivity index (χ0) is 12.9. The van der Waals surface area contributed by atoms with Gasteiger partial charge in [0.05, 0.1) is 6.54 Å². The third-order valence-electron chi connectivity index (χ3n) is 2.79. The predicted molar refractivity (Wildman–Crippen MR) is 79.8 cm³/mol. The normalized spacial score (nSPS) is 20.8. The maximum Gasteiger partial charge on any atom is 0.156 e. The molecule has 0 spiro atoms. The monoisotopic (exact) mass is 256 g/mol. The summed E-state index contributed by atoms with van der Waals surface area (Å²) in [6, 6.07) is 0. The molecule has 1 aliphatic heterocycles. The van der Waals surface area contributed by atoms with Crippen LogP contribution < -0.4 is 5.32 Å². The van der Waals surface area contributed by atoms with Gasteiger partial charge in [0.2, 0.25) is 0 Å². The Bertz CT molecular complexity index is 253. The Morgan fingerprint density at radius 3 is 2.71 bits per heavy atom. The minimum absolute atomic E-state index is 0.417. The van der Waals surface area contributed by atoms with Crippen molar-refractivity contribution in [3.63, 3.8) is 0 Å². The van der Waals surface area contributed by atoms with Crippen molar-refractivity contribution in [1.29, 1.82) is 0 Å². The third-order valence-corrected chi connectivity index (χ3v) is 3.94. The van der Waals surface area contributed by atoms with E-state index in [0.717, 1.165) is 19.0 Å². The summed E-state index contributed by atoms with van der Waals surface area (Å²) in [6.45, 7) is 13.5. The van der Waals surface area contributed by atoms with Gasteiger partial charge in [0.25, 0.3) is 0 Å². The summed E-state index contributed by atoms with van der Waals surface area (Å²) in [7, 11) is 0. The Kier molecular flexibility index (Phi) is 5.84. The van der Waals surface area contributed by atoms with Crippen LogP contribution in [0.15, 0.2) is 4.99 Å². The van der Waals surface area contributed by atoms with Gasteiger partial charge in [0, 0.05) is 11.8 Å². The number of hydrogen-bond acceptors (Lipinski definition) is 3. The van der Waals surface area contributed by atoms with Crippen LogP contribution in [0.2, 0.25) is 0 Å². The molecule has 0 amide bonds. The molecule has 1 rings (SSSR count). The van der Waals surface area contributed by atoms with E-state index in [-0.39, 0.29) is 0 Å². The van der Waals surface area contributed by atoms with Crippen LogP contribution in [0.3, 0.4) is 0 Å². The Morgan fingerprint density at radius 1 is 1.41 bits per heavy atom. The second-order valence-corrected chi connectivity index (χ2v) is 7.90. The highest BCUT2D eigenvalue weighted by atomic mass is 32.2. The van der Waals surface area contributed by atoms with E-state index in [1.54, 1.807) is 0 Å². The largest absolute Gasteiger partial charge is 0.365 e. The van der Waals surface area contributed by atoms with Gasteiger partial charge < -0.3 is 5.32 Å². The summed E-state index contributed by atoms with van der Waals surface area (Å²) in [6.07, 6.45) is 3.80.